The Kier molecular flexibility index (Phi) is 5.57. The molecule has 2 rings (SSSR count). The lowest BCUT2D eigenvalue weighted by Gasteiger charge is -2.17. The second-order valence-corrected chi connectivity index (χ2v) is 5.97. The SMILES string of the molecule is Cc1cc(O[C@@H](Cc2cccc(Cl)c2Cl)C(=O)O)ccc1Cl. The first kappa shape index (κ1) is 16.9. The van der Waals surface area contributed by atoms with E-state index in [1.54, 1.807) is 36.4 Å². The van der Waals surface area contributed by atoms with Gasteiger partial charge in [-0.05, 0) is 42.3 Å². The van der Waals surface area contributed by atoms with Crippen molar-refractivity contribution in [1.29, 1.82) is 0 Å². The second kappa shape index (κ2) is 7.23. The maximum absolute atomic E-state index is 11.4. The summed E-state index contributed by atoms with van der Waals surface area (Å²) in [7, 11) is 0. The molecule has 0 unspecified atom stereocenters. The molecule has 0 aliphatic rings. The number of hydrogen-bond acceptors (Lipinski definition) is 2. The Morgan fingerprint density at radius 1 is 1.18 bits per heavy atom. The third kappa shape index (κ3) is 4.07. The number of aryl methyl sites for hydroxylation is 1. The van der Waals surface area contributed by atoms with Crippen molar-refractivity contribution < 1.29 is 14.6 Å². The molecule has 0 radical (unpaired) electrons. The normalized spacial score (nSPS) is 12.0. The van der Waals surface area contributed by atoms with E-state index in [2.05, 4.69) is 0 Å². The van der Waals surface area contributed by atoms with E-state index in [1.807, 2.05) is 6.92 Å². The zero-order valence-corrected chi connectivity index (χ0v) is 13.9. The number of benzene rings is 2. The van der Waals surface area contributed by atoms with Gasteiger partial charge in [0.2, 0.25) is 0 Å². The molecule has 0 saturated heterocycles. The van der Waals surface area contributed by atoms with E-state index < -0.39 is 12.1 Å². The number of carboxylic acid groups (broad SMARTS) is 1. The molecule has 0 spiro atoms. The van der Waals surface area contributed by atoms with Gasteiger partial charge in [-0.15, -0.1) is 0 Å². The lowest BCUT2D eigenvalue weighted by Crippen LogP contribution is -2.29. The Balaban J connectivity index is 2.21. The molecule has 116 valence electrons. The molecule has 0 aromatic heterocycles. The van der Waals surface area contributed by atoms with Crippen molar-refractivity contribution in [2.75, 3.05) is 0 Å². The van der Waals surface area contributed by atoms with E-state index in [1.165, 1.54) is 0 Å². The van der Waals surface area contributed by atoms with Crippen LogP contribution in [0.4, 0.5) is 0 Å². The maximum Gasteiger partial charge on any atom is 0.345 e. The zero-order chi connectivity index (χ0) is 16.3. The van der Waals surface area contributed by atoms with Crippen LogP contribution in [-0.2, 0) is 11.2 Å². The fourth-order valence-corrected chi connectivity index (χ4v) is 2.45. The Morgan fingerprint density at radius 2 is 1.91 bits per heavy atom. The first-order chi connectivity index (χ1) is 10.4. The van der Waals surface area contributed by atoms with Crippen LogP contribution in [0.15, 0.2) is 36.4 Å². The van der Waals surface area contributed by atoms with Crippen LogP contribution in [0.3, 0.4) is 0 Å². The van der Waals surface area contributed by atoms with Crippen LogP contribution in [0.2, 0.25) is 15.1 Å². The Morgan fingerprint density at radius 3 is 2.55 bits per heavy atom. The highest BCUT2D eigenvalue weighted by Gasteiger charge is 2.22. The van der Waals surface area contributed by atoms with Crippen LogP contribution in [-0.4, -0.2) is 17.2 Å². The van der Waals surface area contributed by atoms with Gasteiger partial charge >= 0.3 is 5.97 Å². The molecule has 0 fully saturated rings. The summed E-state index contributed by atoms with van der Waals surface area (Å²) in [5, 5.41) is 10.7. The van der Waals surface area contributed by atoms with E-state index in [0.29, 0.717) is 26.4 Å². The predicted octanol–water partition coefficient (Wildman–Crippen LogP) is 5.03. The summed E-state index contributed by atoms with van der Waals surface area (Å²) in [5.74, 6) is -0.643. The van der Waals surface area contributed by atoms with Crippen LogP contribution in [0.5, 0.6) is 5.75 Å². The number of halogens is 3. The number of carboxylic acids is 1. The molecule has 0 aliphatic heterocycles. The highest BCUT2D eigenvalue weighted by Crippen LogP contribution is 2.28. The molecule has 6 heteroatoms. The molecule has 3 nitrogen and oxygen atoms in total. The van der Waals surface area contributed by atoms with E-state index in [9.17, 15) is 9.90 Å². The molecule has 2 aromatic carbocycles. The molecule has 0 aliphatic carbocycles. The summed E-state index contributed by atoms with van der Waals surface area (Å²) in [6.07, 6.45) is -0.965. The zero-order valence-electron chi connectivity index (χ0n) is 11.6. The van der Waals surface area contributed by atoms with Crippen molar-refractivity contribution in [3.63, 3.8) is 0 Å². The van der Waals surface area contributed by atoms with Gasteiger partial charge in [0.1, 0.15) is 5.75 Å². The summed E-state index contributed by atoms with van der Waals surface area (Å²) in [5.41, 5.74) is 1.43. The summed E-state index contributed by atoms with van der Waals surface area (Å²) < 4.78 is 5.55. The Labute approximate surface area is 143 Å². The number of ether oxygens (including phenoxy) is 1. The average Bonchev–Trinajstić information content (AvgIpc) is 2.46. The summed E-state index contributed by atoms with van der Waals surface area (Å²) >= 11 is 18.0. The van der Waals surface area contributed by atoms with Gasteiger partial charge < -0.3 is 9.84 Å². The third-order valence-corrected chi connectivity index (χ3v) is 4.40. The molecule has 1 N–H and O–H groups in total. The quantitative estimate of drug-likeness (QED) is 0.814. The lowest BCUT2D eigenvalue weighted by atomic mass is 10.1. The Hall–Kier alpha value is -1.42. The topological polar surface area (TPSA) is 46.5 Å². The molecule has 0 bridgehead atoms. The largest absolute Gasteiger partial charge is 0.478 e. The van der Waals surface area contributed by atoms with Crippen LogP contribution in [0.1, 0.15) is 11.1 Å². The highest BCUT2D eigenvalue weighted by atomic mass is 35.5. The number of rotatable bonds is 5. The van der Waals surface area contributed by atoms with Crippen molar-refractivity contribution in [3.05, 3.63) is 62.6 Å². The highest BCUT2D eigenvalue weighted by molar-refractivity contribution is 6.42. The van der Waals surface area contributed by atoms with Gasteiger partial charge in [0, 0.05) is 11.4 Å². The molecular weight excluding hydrogens is 347 g/mol. The maximum atomic E-state index is 11.4. The van der Waals surface area contributed by atoms with Crippen molar-refractivity contribution in [1.82, 2.24) is 0 Å². The van der Waals surface area contributed by atoms with E-state index in [4.69, 9.17) is 39.5 Å². The van der Waals surface area contributed by atoms with Crippen LogP contribution in [0, 0.1) is 6.92 Å². The summed E-state index contributed by atoms with van der Waals surface area (Å²) in [6.45, 7) is 1.82. The van der Waals surface area contributed by atoms with Gasteiger partial charge in [-0.25, -0.2) is 4.79 Å². The van der Waals surface area contributed by atoms with Crippen LogP contribution in [0.25, 0.3) is 0 Å². The first-order valence-electron chi connectivity index (χ1n) is 6.47. The van der Waals surface area contributed by atoms with Gasteiger partial charge in [-0.3, -0.25) is 0 Å². The fraction of sp³-hybridized carbons (Fsp3) is 0.188. The van der Waals surface area contributed by atoms with Gasteiger partial charge in [0.05, 0.1) is 10.0 Å². The van der Waals surface area contributed by atoms with Crippen molar-refractivity contribution in [2.45, 2.75) is 19.4 Å². The second-order valence-electron chi connectivity index (χ2n) is 4.77. The summed E-state index contributed by atoms with van der Waals surface area (Å²) in [4.78, 5) is 11.4. The minimum absolute atomic E-state index is 0.108. The first-order valence-corrected chi connectivity index (χ1v) is 7.60. The standard InChI is InChI=1S/C16H13Cl3O3/c1-9-7-11(5-6-12(9)17)22-14(16(20)21)8-10-3-2-4-13(18)15(10)19/h2-7,14H,8H2,1H3,(H,20,21)/t14-/m0/s1. The average molecular weight is 360 g/mol. The molecule has 0 saturated carbocycles. The molecule has 0 amide bonds. The lowest BCUT2D eigenvalue weighted by molar-refractivity contribution is -0.145. The van der Waals surface area contributed by atoms with E-state index in [-0.39, 0.29) is 6.42 Å². The van der Waals surface area contributed by atoms with Crippen LogP contribution < -0.4 is 4.74 Å². The molecule has 1 atom stereocenters. The van der Waals surface area contributed by atoms with Crippen molar-refractivity contribution in [3.8, 4) is 5.75 Å². The minimum Gasteiger partial charge on any atom is -0.478 e. The predicted molar refractivity (Wildman–Crippen MR) is 88.4 cm³/mol. The molecule has 2 aromatic rings. The van der Waals surface area contributed by atoms with Crippen molar-refractivity contribution >= 4 is 40.8 Å². The van der Waals surface area contributed by atoms with Gasteiger partial charge in [0.25, 0.3) is 0 Å². The molecule has 22 heavy (non-hydrogen) atoms. The smallest absolute Gasteiger partial charge is 0.345 e. The van der Waals surface area contributed by atoms with Crippen LogP contribution >= 0.6 is 34.8 Å². The van der Waals surface area contributed by atoms with Gasteiger partial charge in [-0.2, -0.15) is 0 Å². The van der Waals surface area contributed by atoms with Gasteiger partial charge in [0.15, 0.2) is 6.10 Å². The fourth-order valence-electron chi connectivity index (χ4n) is 1.94. The van der Waals surface area contributed by atoms with Gasteiger partial charge in [-0.1, -0.05) is 46.9 Å². The minimum atomic E-state index is -1.08. The number of carbonyl (C=O) groups is 1. The molecule has 0 heterocycles. The summed E-state index contributed by atoms with van der Waals surface area (Å²) in [6, 6.07) is 10.1. The monoisotopic (exact) mass is 358 g/mol. The number of hydrogen-bond donors (Lipinski definition) is 1. The third-order valence-electron chi connectivity index (χ3n) is 3.12. The molecular formula is C16H13Cl3O3. The van der Waals surface area contributed by atoms with E-state index in [0.717, 1.165) is 5.56 Å². The van der Waals surface area contributed by atoms with Crippen molar-refractivity contribution in [2.24, 2.45) is 0 Å². The number of aliphatic carboxylic acids is 1. The van der Waals surface area contributed by atoms with E-state index >= 15 is 0 Å². The Bertz CT molecular complexity index is 701.